The molecule has 1 heterocycles. The molecule has 3 rings (SSSR count). The van der Waals surface area contributed by atoms with Crippen LogP contribution in [0.25, 0.3) is 6.08 Å². The summed E-state index contributed by atoms with van der Waals surface area (Å²) in [5.74, 6) is 0.840. The smallest absolute Gasteiger partial charge is 0.270 e. The molecule has 2 aromatic rings. The predicted octanol–water partition coefficient (Wildman–Crippen LogP) is 5.16. The molecule has 0 N–H and O–H groups in total. The van der Waals surface area contributed by atoms with Crippen molar-refractivity contribution in [2.75, 3.05) is 18.1 Å². The van der Waals surface area contributed by atoms with E-state index in [1.165, 1.54) is 16.7 Å². The van der Waals surface area contributed by atoms with Crippen molar-refractivity contribution in [3.8, 4) is 17.6 Å². The Balaban J connectivity index is 1.89. The minimum Gasteiger partial charge on any atom is -0.490 e. The van der Waals surface area contributed by atoms with Gasteiger partial charge in [0.05, 0.1) is 17.2 Å². The fraction of sp³-hybridized carbons (Fsp3) is 0.150. The second-order valence-electron chi connectivity index (χ2n) is 5.58. The topological polar surface area (TPSA) is 62.6 Å². The number of thioether (sulfide) groups is 1. The summed E-state index contributed by atoms with van der Waals surface area (Å²) in [6.45, 7) is 2.26. The van der Waals surface area contributed by atoms with Crippen LogP contribution in [0.4, 0.5) is 5.69 Å². The Hall–Kier alpha value is -2.34. The average Bonchev–Trinajstić information content (AvgIpc) is 2.94. The minimum atomic E-state index is -0.170. The van der Waals surface area contributed by atoms with Crippen LogP contribution in [0.3, 0.4) is 0 Å². The zero-order valence-corrected chi connectivity index (χ0v) is 18.1. The molecule has 2 aromatic carbocycles. The summed E-state index contributed by atoms with van der Waals surface area (Å²) in [5.41, 5.74) is 1.50. The summed E-state index contributed by atoms with van der Waals surface area (Å²) < 4.78 is 12.3. The third-order valence-electron chi connectivity index (χ3n) is 3.72. The molecule has 1 saturated heterocycles. The third kappa shape index (κ3) is 4.55. The summed E-state index contributed by atoms with van der Waals surface area (Å²) in [6, 6.07) is 14.7. The van der Waals surface area contributed by atoms with Crippen molar-refractivity contribution in [2.45, 2.75) is 6.92 Å². The van der Waals surface area contributed by atoms with Crippen molar-refractivity contribution in [1.29, 1.82) is 5.26 Å². The molecule has 1 aliphatic heterocycles. The Kier molecular flexibility index (Phi) is 6.73. The molecule has 0 atom stereocenters. The molecular weight excluding hydrogens is 460 g/mol. The number of amides is 1. The van der Waals surface area contributed by atoms with Gasteiger partial charge in [-0.15, -0.1) is 0 Å². The highest BCUT2D eigenvalue weighted by Crippen LogP contribution is 2.37. The van der Waals surface area contributed by atoms with Gasteiger partial charge in [-0.05, 0) is 48.9 Å². The van der Waals surface area contributed by atoms with Gasteiger partial charge in [0.2, 0.25) is 0 Å². The summed E-state index contributed by atoms with van der Waals surface area (Å²) in [6.07, 6.45) is 1.77. The molecule has 0 spiro atoms. The number of anilines is 1. The number of benzene rings is 2. The number of halogens is 1. The lowest BCUT2D eigenvalue weighted by molar-refractivity contribution is -0.113. The van der Waals surface area contributed by atoms with Crippen molar-refractivity contribution in [1.82, 2.24) is 0 Å². The van der Waals surface area contributed by atoms with E-state index in [0.29, 0.717) is 27.3 Å². The van der Waals surface area contributed by atoms with Crippen molar-refractivity contribution in [3.63, 3.8) is 0 Å². The molecule has 0 aliphatic carbocycles. The van der Waals surface area contributed by atoms with Gasteiger partial charge in [-0.3, -0.25) is 9.69 Å². The Morgan fingerprint density at radius 2 is 2.07 bits per heavy atom. The van der Waals surface area contributed by atoms with Gasteiger partial charge in [0, 0.05) is 4.47 Å². The van der Waals surface area contributed by atoms with E-state index in [2.05, 4.69) is 15.9 Å². The zero-order chi connectivity index (χ0) is 20.1. The molecule has 0 aromatic heterocycles. The fourth-order valence-electron chi connectivity index (χ4n) is 2.57. The van der Waals surface area contributed by atoms with Gasteiger partial charge in [-0.1, -0.05) is 52.0 Å². The first-order valence-electron chi connectivity index (χ1n) is 8.33. The lowest BCUT2D eigenvalue weighted by Gasteiger charge is -2.14. The first kappa shape index (κ1) is 20.4. The maximum Gasteiger partial charge on any atom is 0.270 e. The highest BCUT2D eigenvalue weighted by atomic mass is 79.9. The van der Waals surface area contributed by atoms with E-state index in [9.17, 15) is 4.79 Å². The SMILES string of the molecule is CCOc1cc(/C=C2\SC(=S)N(c3cccc(Br)c3)C2=O)ccc1OCC#N. The van der Waals surface area contributed by atoms with Gasteiger partial charge in [0.15, 0.2) is 22.4 Å². The molecule has 0 radical (unpaired) electrons. The molecule has 1 fully saturated rings. The monoisotopic (exact) mass is 474 g/mol. The largest absolute Gasteiger partial charge is 0.490 e. The highest BCUT2D eigenvalue weighted by Gasteiger charge is 2.33. The van der Waals surface area contributed by atoms with E-state index >= 15 is 0 Å². The van der Waals surface area contributed by atoms with Crippen LogP contribution in [0, 0.1) is 11.3 Å². The lowest BCUT2D eigenvalue weighted by atomic mass is 10.1. The number of hydrogen-bond acceptors (Lipinski definition) is 6. The number of thiocarbonyl (C=S) groups is 1. The summed E-state index contributed by atoms with van der Waals surface area (Å²) >= 11 is 10.1. The van der Waals surface area contributed by atoms with Gasteiger partial charge in [-0.2, -0.15) is 5.26 Å². The van der Waals surface area contributed by atoms with Crippen LogP contribution >= 0.6 is 39.9 Å². The quantitative estimate of drug-likeness (QED) is 0.425. The van der Waals surface area contributed by atoms with Crippen LogP contribution in [0.15, 0.2) is 51.8 Å². The molecular formula is C20H15BrN2O3S2. The van der Waals surface area contributed by atoms with Gasteiger partial charge >= 0.3 is 0 Å². The van der Waals surface area contributed by atoms with Gasteiger partial charge < -0.3 is 9.47 Å². The number of rotatable bonds is 6. The maximum absolute atomic E-state index is 12.9. The number of carbonyl (C=O) groups excluding carboxylic acids is 1. The van der Waals surface area contributed by atoms with Crippen molar-refractivity contribution >= 4 is 61.9 Å². The van der Waals surface area contributed by atoms with Crippen molar-refractivity contribution in [3.05, 3.63) is 57.4 Å². The Bertz CT molecular complexity index is 1000. The molecule has 1 amide bonds. The molecule has 0 bridgehead atoms. The van der Waals surface area contributed by atoms with E-state index in [1.807, 2.05) is 37.3 Å². The molecule has 0 saturated carbocycles. The highest BCUT2D eigenvalue weighted by molar-refractivity contribution is 9.10. The summed E-state index contributed by atoms with van der Waals surface area (Å²) in [5, 5.41) is 8.70. The maximum atomic E-state index is 12.9. The van der Waals surface area contributed by atoms with Crippen molar-refractivity contribution in [2.24, 2.45) is 0 Å². The van der Waals surface area contributed by atoms with E-state index in [4.69, 9.17) is 27.0 Å². The third-order valence-corrected chi connectivity index (χ3v) is 5.51. The molecule has 8 heteroatoms. The van der Waals surface area contributed by atoms with E-state index in [0.717, 1.165) is 15.7 Å². The zero-order valence-electron chi connectivity index (χ0n) is 14.8. The van der Waals surface area contributed by atoms with Crippen LogP contribution in [-0.4, -0.2) is 23.4 Å². The number of nitriles is 1. The molecule has 1 aliphatic rings. The van der Waals surface area contributed by atoms with Gasteiger partial charge in [0.1, 0.15) is 6.07 Å². The van der Waals surface area contributed by atoms with E-state index in [-0.39, 0.29) is 12.5 Å². The second kappa shape index (κ2) is 9.24. The van der Waals surface area contributed by atoms with Crippen LogP contribution in [0.5, 0.6) is 11.5 Å². The van der Waals surface area contributed by atoms with Gasteiger partial charge in [-0.25, -0.2) is 0 Å². The average molecular weight is 475 g/mol. The molecule has 5 nitrogen and oxygen atoms in total. The van der Waals surface area contributed by atoms with Gasteiger partial charge in [0.25, 0.3) is 5.91 Å². The molecule has 142 valence electrons. The van der Waals surface area contributed by atoms with Crippen LogP contribution in [0.2, 0.25) is 0 Å². The molecule has 28 heavy (non-hydrogen) atoms. The number of carbonyl (C=O) groups is 1. The Morgan fingerprint density at radius 3 is 2.79 bits per heavy atom. The van der Waals surface area contributed by atoms with Crippen LogP contribution in [0.1, 0.15) is 12.5 Å². The number of ether oxygens (including phenoxy) is 2. The standard InChI is InChI=1S/C20H15BrN2O3S2/c1-2-25-17-10-13(6-7-16(17)26-9-8-22)11-18-19(24)23(20(27)28-18)15-5-3-4-14(21)12-15/h3-7,10-12H,2,9H2,1H3/b18-11-. The van der Waals surface area contributed by atoms with E-state index in [1.54, 1.807) is 24.3 Å². The normalized spacial score (nSPS) is 15.0. The number of nitrogens with zero attached hydrogens (tertiary/aromatic N) is 2. The van der Waals surface area contributed by atoms with Crippen LogP contribution in [-0.2, 0) is 4.79 Å². The first-order valence-corrected chi connectivity index (χ1v) is 10.4. The fourth-order valence-corrected chi connectivity index (χ4v) is 4.26. The van der Waals surface area contributed by atoms with Crippen LogP contribution < -0.4 is 14.4 Å². The number of hydrogen-bond donors (Lipinski definition) is 0. The second-order valence-corrected chi connectivity index (χ2v) is 8.17. The molecule has 0 unspecified atom stereocenters. The first-order chi connectivity index (χ1) is 13.5. The van der Waals surface area contributed by atoms with Crippen molar-refractivity contribution < 1.29 is 14.3 Å². The predicted molar refractivity (Wildman–Crippen MR) is 119 cm³/mol. The Morgan fingerprint density at radius 1 is 1.25 bits per heavy atom. The summed E-state index contributed by atoms with van der Waals surface area (Å²) in [4.78, 5) is 14.9. The minimum absolute atomic E-state index is 0.0648. The Labute approximate surface area is 181 Å². The summed E-state index contributed by atoms with van der Waals surface area (Å²) in [7, 11) is 0. The lowest BCUT2D eigenvalue weighted by Crippen LogP contribution is -2.27. The van der Waals surface area contributed by atoms with E-state index < -0.39 is 0 Å².